The number of carbonyl (C=O) groups is 1. The van der Waals surface area contributed by atoms with Gasteiger partial charge in [0.05, 0.1) is 12.6 Å². The van der Waals surface area contributed by atoms with E-state index in [1.54, 1.807) is 17.7 Å². The van der Waals surface area contributed by atoms with Crippen LogP contribution in [0.3, 0.4) is 0 Å². The molecule has 0 bridgehead atoms. The zero-order valence-corrected chi connectivity index (χ0v) is 16.1. The Hall–Kier alpha value is -2.19. The molecular formula is C18H26N6OS. The van der Waals surface area contributed by atoms with Gasteiger partial charge in [0.25, 0.3) is 0 Å². The fourth-order valence-electron chi connectivity index (χ4n) is 3.14. The zero-order valence-electron chi connectivity index (χ0n) is 15.2. The highest BCUT2D eigenvalue weighted by molar-refractivity contribution is 7.09. The molecule has 8 heteroatoms. The van der Waals surface area contributed by atoms with Gasteiger partial charge in [-0.05, 0) is 31.2 Å². The summed E-state index contributed by atoms with van der Waals surface area (Å²) in [5.41, 5.74) is 0. The van der Waals surface area contributed by atoms with Crippen LogP contribution < -0.4 is 20.9 Å². The molecule has 1 fully saturated rings. The number of rotatable bonds is 8. The number of hydrogen-bond donors (Lipinski definition) is 3. The number of carbonyl (C=O) groups excluding carboxylic acids is 1. The molecule has 3 heterocycles. The maximum atomic E-state index is 12.3. The van der Waals surface area contributed by atoms with Crippen molar-refractivity contribution in [1.82, 2.24) is 20.6 Å². The van der Waals surface area contributed by atoms with Gasteiger partial charge in [-0.15, -0.1) is 11.3 Å². The van der Waals surface area contributed by atoms with Crippen molar-refractivity contribution in [3.8, 4) is 0 Å². The van der Waals surface area contributed by atoms with Gasteiger partial charge >= 0.3 is 0 Å². The van der Waals surface area contributed by atoms with E-state index < -0.39 is 0 Å². The minimum absolute atomic E-state index is 0.0300. The van der Waals surface area contributed by atoms with Gasteiger partial charge in [-0.1, -0.05) is 6.07 Å². The Balaban J connectivity index is 1.50. The molecule has 1 saturated heterocycles. The van der Waals surface area contributed by atoms with Crippen LogP contribution in [0.5, 0.6) is 0 Å². The predicted octanol–water partition coefficient (Wildman–Crippen LogP) is 1.84. The molecule has 2 atom stereocenters. The highest BCUT2D eigenvalue weighted by Crippen LogP contribution is 2.24. The first-order valence-corrected chi connectivity index (χ1v) is 9.85. The third kappa shape index (κ3) is 4.70. The number of aromatic nitrogens is 2. The molecule has 26 heavy (non-hydrogen) atoms. The van der Waals surface area contributed by atoms with Crippen LogP contribution in [0.15, 0.2) is 29.9 Å². The second kappa shape index (κ2) is 8.95. The largest absolute Gasteiger partial charge is 0.373 e. The Morgan fingerprint density at radius 2 is 2.35 bits per heavy atom. The van der Waals surface area contributed by atoms with Crippen LogP contribution in [0.1, 0.15) is 24.6 Å². The van der Waals surface area contributed by atoms with Gasteiger partial charge in [-0.3, -0.25) is 4.79 Å². The molecule has 1 aliphatic heterocycles. The third-order valence-electron chi connectivity index (χ3n) is 4.65. The van der Waals surface area contributed by atoms with Crippen molar-refractivity contribution in [3.63, 3.8) is 0 Å². The van der Waals surface area contributed by atoms with Crippen molar-refractivity contribution in [2.45, 2.75) is 38.4 Å². The first-order valence-electron chi connectivity index (χ1n) is 8.97. The number of thiophene rings is 1. The second-order valence-electron chi connectivity index (χ2n) is 6.43. The zero-order chi connectivity index (χ0) is 18.4. The van der Waals surface area contributed by atoms with Crippen LogP contribution in [-0.4, -0.2) is 48.1 Å². The summed E-state index contributed by atoms with van der Waals surface area (Å²) in [6, 6.07) is 6.10. The van der Waals surface area contributed by atoms with Gasteiger partial charge in [-0.2, -0.15) is 0 Å². The lowest BCUT2D eigenvalue weighted by Gasteiger charge is -2.27. The van der Waals surface area contributed by atoms with E-state index in [0.717, 1.165) is 42.4 Å². The molecule has 3 N–H and O–H groups in total. The van der Waals surface area contributed by atoms with E-state index in [1.165, 1.54) is 0 Å². The maximum Gasteiger partial charge on any atom is 0.237 e. The summed E-state index contributed by atoms with van der Waals surface area (Å²) in [5.74, 6) is 1.78. The highest BCUT2D eigenvalue weighted by Gasteiger charge is 2.26. The van der Waals surface area contributed by atoms with Gasteiger partial charge in [0.1, 0.15) is 18.0 Å². The van der Waals surface area contributed by atoms with Crippen molar-refractivity contribution < 1.29 is 4.79 Å². The van der Waals surface area contributed by atoms with Gasteiger partial charge in [0.15, 0.2) is 0 Å². The first kappa shape index (κ1) is 18.6. The highest BCUT2D eigenvalue weighted by atomic mass is 32.1. The molecule has 2 aromatic heterocycles. The van der Waals surface area contributed by atoms with Crippen molar-refractivity contribution in [2.75, 3.05) is 30.4 Å². The van der Waals surface area contributed by atoms with E-state index in [-0.39, 0.29) is 11.9 Å². The molecule has 140 valence electrons. The molecule has 0 spiro atoms. The standard InChI is InChI=1S/C18H26N6OS/c1-13(18(25)21-11-15-6-4-8-26-15)20-10-14-5-3-7-24(14)17-9-16(19-2)22-12-23-17/h4,6,8-9,12-14,20H,3,5,7,10-11H2,1-2H3,(H,21,25)(H,19,22,23). The Morgan fingerprint density at radius 1 is 1.46 bits per heavy atom. The van der Waals surface area contributed by atoms with Gasteiger partial charge < -0.3 is 20.9 Å². The van der Waals surface area contributed by atoms with Crippen LogP contribution in [0.4, 0.5) is 11.6 Å². The molecule has 0 saturated carbocycles. The van der Waals surface area contributed by atoms with E-state index in [2.05, 4.69) is 30.8 Å². The van der Waals surface area contributed by atoms with Crippen LogP contribution in [0.25, 0.3) is 0 Å². The van der Waals surface area contributed by atoms with Crippen molar-refractivity contribution >= 4 is 28.9 Å². The molecule has 2 unspecified atom stereocenters. The number of nitrogens with zero attached hydrogens (tertiary/aromatic N) is 3. The quantitative estimate of drug-likeness (QED) is 0.654. The molecular weight excluding hydrogens is 348 g/mol. The third-order valence-corrected chi connectivity index (χ3v) is 5.53. The van der Waals surface area contributed by atoms with Crippen molar-refractivity contribution in [3.05, 3.63) is 34.8 Å². The summed E-state index contributed by atoms with van der Waals surface area (Å²) in [6.07, 6.45) is 3.81. The second-order valence-corrected chi connectivity index (χ2v) is 7.46. The lowest BCUT2D eigenvalue weighted by atomic mass is 10.2. The lowest BCUT2D eigenvalue weighted by Crippen LogP contribution is -2.47. The number of anilines is 2. The fourth-order valence-corrected chi connectivity index (χ4v) is 3.78. The normalized spacial score (nSPS) is 17.9. The first-order chi connectivity index (χ1) is 12.7. The summed E-state index contributed by atoms with van der Waals surface area (Å²) in [6.45, 7) is 4.23. The molecule has 7 nitrogen and oxygen atoms in total. The maximum absolute atomic E-state index is 12.3. The van der Waals surface area contributed by atoms with E-state index in [4.69, 9.17) is 0 Å². The Labute approximate surface area is 158 Å². The van der Waals surface area contributed by atoms with Crippen LogP contribution in [0, 0.1) is 0 Å². The predicted molar refractivity (Wildman–Crippen MR) is 106 cm³/mol. The summed E-state index contributed by atoms with van der Waals surface area (Å²) in [5, 5.41) is 11.4. The number of amides is 1. The molecule has 3 rings (SSSR count). The Kier molecular flexibility index (Phi) is 6.40. The van der Waals surface area contributed by atoms with Crippen LogP contribution in [-0.2, 0) is 11.3 Å². The van der Waals surface area contributed by atoms with Gasteiger partial charge in [0.2, 0.25) is 5.91 Å². The SMILES string of the molecule is CNc1cc(N2CCCC2CNC(C)C(=O)NCc2cccs2)ncn1. The van der Waals surface area contributed by atoms with E-state index in [0.29, 0.717) is 12.6 Å². The molecule has 1 aliphatic rings. The van der Waals surface area contributed by atoms with Crippen LogP contribution >= 0.6 is 11.3 Å². The van der Waals surface area contributed by atoms with E-state index in [9.17, 15) is 4.79 Å². The van der Waals surface area contributed by atoms with E-state index >= 15 is 0 Å². The Bertz CT molecular complexity index is 707. The summed E-state index contributed by atoms with van der Waals surface area (Å²) >= 11 is 1.65. The fraction of sp³-hybridized carbons (Fsp3) is 0.500. The van der Waals surface area contributed by atoms with Gasteiger partial charge in [0, 0.05) is 37.1 Å². The molecule has 2 aromatic rings. The minimum atomic E-state index is -0.226. The van der Waals surface area contributed by atoms with Gasteiger partial charge in [-0.25, -0.2) is 9.97 Å². The van der Waals surface area contributed by atoms with Crippen molar-refractivity contribution in [2.24, 2.45) is 0 Å². The molecule has 0 aromatic carbocycles. The smallest absolute Gasteiger partial charge is 0.237 e. The lowest BCUT2D eigenvalue weighted by molar-refractivity contribution is -0.122. The average Bonchev–Trinajstić information content (AvgIpc) is 3.35. The molecule has 1 amide bonds. The summed E-state index contributed by atoms with van der Waals surface area (Å²) in [7, 11) is 1.85. The monoisotopic (exact) mass is 374 g/mol. The average molecular weight is 375 g/mol. The molecule has 0 aliphatic carbocycles. The minimum Gasteiger partial charge on any atom is -0.373 e. The summed E-state index contributed by atoms with van der Waals surface area (Å²) < 4.78 is 0. The number of hydrogen-bond acceptors (Lipinski definition) is 7. The topological polar surface area (TPSA) is 82.2 Å². The van der Waals surface area contributed by atoms with E-state index in [1.807, 2.05) is 37.6 Å². The molecule has 0 radical (unpaired) electrons. The van der Waals surface area contributed by atoms with Crippen LogP contribution in [0.2, 0.25) is 0 Å². The van der Waals surface area contributed by atoms with Crippen molar-refractivity contribution in [1.29, 1.82) is 0 Å². The summed E-state index contributed by atoms with van der Waals surface area (Å²) in [4.78, 5) is 24.3. The Morgan fingerprint density at radius 3 is 3.12 bits per heavy atom. The number of nitrogens with one attached hydrogen (secondary N) is 3.